The summed E-state index contributed by atoms with van der Waals surface area (Å²) >= 11 is 0. The molecule has 2 aromatic rings. The molecule has 0 aliphatic carbocycles. The summed E-state index contributed by atoms with van der Waals surface area (Å²) in [6.07, 6.45) is 0. The molecule has 0 unspecified atom stereocenters. The number of likely N-dealkylation sites (N-methyl/N-ethyl adjacent to an activating group) is 1. The third kappa shape index (κ3) is 4.97. The Balaban J connectivity index is 1.64. The quantitative estimate of drug-likeness (QED) is 0.585. The van der Waals surface area contributed by atoms with Crippen LogP contribution in [0.2, 0.25) is 0 Å². The van der Waals surface area contributed by atoms with E-state index < -0.39 is 29.7 Å². The van der Waals surface area contributed by atoms with Crippen molar-refractivity contribution in [2.75, 3.05) is 32.1 Å². The Hall–Kier alpha value is -3.88. The molecule has 0 bridgehead atoms. The highest BCUT2D eigenvalue weighted by Crippen LogP contribution is 2.30. The first-order valence-corrected chi connectivity index (χ1v) is 10.7. The molecule has 1 aliphatic rings. The van der Waals surface area contributed by atoms with E-state index in [1.165, 1.54) is 18.9 Å². The van der Waals surface area contributed by atoms with Crippen LogP contribution in [0.15, 0.2) is 42.5 Å². The number of anilines is 1. The molecule has 9 nitrogen and oxygen atoms in total. The molecule has 174 valence electrons. The first-order valence-electron chi connectivity index (χ1n) is 10.7. The normalized spacial score (nSPS) is 13.4. The van der Waals surface area contributed by atoms with Crippen LogP contribution in [0.4, 0.5) is 5.69 Å². The van der Waals surface area contributed by atoms with Crippen LogP contribution in [0.25, 0.3) is 0 Å². The standard InChI is InChI=1S/C24H27N3O6/c1-5-32-19-12-11-16(13-20(19)33-6-2)25-21(28)14-26(4)22(29)15(3)27-23(30)17-9-7-8-10-18(17)24(27)31/h7-13,15H,5-6,14H2,1-4H3,(H,25,28)/t15-/m1/s1. The number of carbonyl (C=O) groups is 4. The number of nitrogens with one attached hydrogen (secondary N) is 1. The molecule has 1 heterocycles. The minimum Gasteiger partial charge on any atom is -0.490 e. The van der Waals surface area contributed by atoms with E-state index in [4.69, 9.17) is 9.47 Å². The molecule has 4 amide bonds. The van der Waals surface area contributed by atoms with Gasteiger partial charge in [-0.1, -0.05) is 12.1 Å². The molecule has 2 aromatic carbocycles. The van der Waals surface area contributed by atoms with Gasteiger partial charge < -0.3 is 19.7 Å². The summed E-state index contributed by atoms with van der Waals surface area (Å²) < 4.78 is 11.1. The second-order valence-corrected chi connectivity index (χ2v) is 7.47. The number of amides is 4. The Kier molecular flexibility index (Phi) is 7.32. The summed E-state index contributed by atoms with van der Waals surface area (Å²) in [7, 11) is 1.44. The number of fused-ring (bicyclic) bond motifs is 1. The van der Waals surface area contributed by atoms with Crippen LogP contribution in [0, 0.1) is 0 Å². The number of rotatable bonds is 9. The van der Waals surface area contributed by atoms with Crippen LogP contribution in [0.1, 0.15) is 41.5 Å². The van der Waals surface area contributed by atoms with Gasteiger partial charge in [0.15, 0.2) is 11.5 Å². The summed E-state index contributed by atoms with van der Waals surface area (Å²) in [6, 6.07) is 10.4. The number of carbonyl (C=O) groups excluding carboxylic acids is 4. The van der Waals surface area contributed by atoms with Crippen molar-refractivity contribution in [3.63, 3.8) is 0 Å². The van der Waals surface area contributed by atoms with Crippen molar-refractivity contribution in [2.45, 2.75) is 26.8 Å². The maximum atomic E-state index is 12.9. The molecule has 0 aromatic heterocycles. The Morgan fingerprint density at radius 2 is 1.55 bits per heavy atom. The smallest absolute Gasteiger partial charge is 0.262 e. The topological polar surface area (TPSA) is 105 Å². The van der Waals surface area contributed by atoms with Crippen molar-refractivity contribution < 1.29 is 28.7 Å². The van der Waals surface area contributed by atoms with Crippen molar-refractivity contribution in [2.24, 2.45) is 0 Å². The highest BCUT2D eigenvalue weighted by Gasteiger charge is 2.41. The lowest BCUT2D eigenvalue weighted by atomic mass is 10.1. The number of nitrogens with zero attached hydrogens (tertiary/aromatic N) is 2. The lowest BCUT2D eigenvalue weighted by Gasteiger charge is -2.26. The van der Waals surface area contributed by atoms with E-state index in [2.05, 4.69) is 5.32 Å². The maximum Gasteiger partial charge on any atom is 0.262 e. The van der Waals surface area contributed by atoms with Gasteiger partial charge in [-0.15, -0.1) is 0 Å². The molecule has 0 fully saturated rings. The maximum absolute atomic E-state index is 12.9. The lowest BCUT2D eigenvalue weighted by molar-refractivity contribution is -0.136. The Bertz CT molecular complexity index is 1050. The second-order valence-electron chi connectivity index (χ2n) is 7.47. The van der Waals surface area contributed by atoms with E-state index >= 15 is 0 Å². The zero-order valence-electron chi connectivity index (χ0n) is 19.1. The van der Waals surface area contributed by atoms with Crippen molar-refractivity contribution in [1.82, 2.24) is 9.80 Å². The number of imide groups is 1. The molecule has 3 rings (SSSR count). The Morgan fingerprint density at radius 3 is 2.12 bits per heavy atom. The van der Waals surface area contributed by atoms with Crippen LogP contribution in [0.3, 0.4) is 0 Å². The summed E-state index contributed by atoms with van der Waals surface area (Å²) in [6.45, 7) is 5.83. The summed E-state index contributed by atoms with van der Waals surface area (Å²) in [5.41, 5.74) is 1.02. The van der Waals surface area contributed by atoms with E-state index in [0.29, 0.717) is 30.4 Å². The van der Waals surface area contributed by atoms with E-state index in [0.717, 1.165) is 4.90 Å². The first-order chi connectivity index (χ1) is 15.8. The Labute approximate surface area is 192 Å². The molecular weight excluding hydrogens is 426 g/mol. The fraction of sp³-hybridized carbons (Fsp3) is 0.333. The monoisotopic (exact) mass is 453 g/mol. The van der Waals surface area contributed by atoms with Crippen LogP contribution >= 0.6 is 0 Å². The van der Waals surface area contributed by atoms with E-state index in [1.54, 1.807) is 42.5 Å². The molecule has 9 heteroatoms. The lowest BCUT2D eigenvalue weighted by Crippen LogP contribution is -2.49. The zero-order chi connectivity index (χ0) is 24.1. The van der Waals surface area contributed by atoms with E-state index in [9.17, 15) is 19.2 Å². The van der Waals surface area contributed by atoms with Gasteiger partial charge in [0.25, 0.3) is 11.8 Å². The van der Waals surface area contributed by atoms with Crippen LogP contribution in [-0.4, -0.2) is 66.3 Å². The van der Waals surface area contributed by atoms with Crippen molar-refractivity contribution >= 4 is 29.3 Å². The fourth-order valence-electron chi connectivity index (χ4n) is 3.61. The van der Waals surface area contributed by atoms with Crippen molar-refractivity contribution in [1.29, 1.82) is 0 Å². The molecular formula is C24H27N3O6. The van der Waals surface area contributed by atoms with E-state index in [-0.39, 0.29) is 17.7 Å². The summed E-state index contributed by atoms with van der Waals surface area (Å²) in [4.78, 5) is 52.8. The minimum atomic E-state index is -1.05. The number of hydrogen-bond acceptors (Lipinski definition) is 6. The van der Waals surface area contributed by atoms with Gasteiger partial charge in [-0.05, 0) is 45.0 Å². The number of benzene rings is 2. The van der Waals surface area contributed by atoms with Gasteiger partial charge in [0.2, 0.25) is 11.8 Å². The van der Waals surface area contributed by atoms with Crippen molar-refractivity contribution in [3.05, 3.63) is 53.6 Å². The van der Waals surface area contributed by atoms with Gasteiger partial charge in [-0.25, -0.2) is 0 Å². The molecule has 0 saturated carbocycles. The summed E-state index contributed by atoms with van der Waals surface area (Å²) in [5, 5.41) is 2.72. The SMILES string of the molecule is CCOc1ccc(NC(=O)CN(C)C(=O)[C@@H](C)N2C(=O)c3ccccc3C2=O)cc1OCC. The van der Waals surface area contributed by atoms with Crippen LogP contribution < -0.4 is 14.8 Å². The average Bonchev–Trinajstić information content (AvgIpc) is 3.05. The number of ether oxygens (including phenoxy) is 2. The Morgan fingerprint density at radius 1 is 0.970 bits per heavy atom. The van der Waals surface area contributed by atoms with Gasteiger partial charge >= 0.3 is 0 Å². The van der Waals surface area contributed by atoms with Gasteiger partial charge in [0, 0.05) is 18.8 Å². The molecule has 0 saturated heterocycles. The predicted molar refractivity (Wildman–Crippen MR) is 121 cm³/mol. The van der Waals surface area contributed by atoms with Gasteiger partial charge in [0.1, 0.15) is 6.04 Å². The van der Waals surface area contributed by atoms with Crippen LogP contribution in [-0.2, 0) is 9.59 Å². The second kappa shape index (κ2) is 10.2. The molecule has 0 radical (unpaired) electrons. The number of hydrogen-bond donors (Lipinski definition) is 1. The molecule has 1 atom stereocenters. The van der Waals surface area contributed by atoms with Crippen LogP contribution in [0.5, 0.6) is 11.5 Å². The predicted octanol–water partition coefficient (Wildman–Crippen LogP) is 2.57. The molecule has 1 aliphatic heterocycles. The van der Waals surface area contributed by atoms with E-state index in [1.807, 2.05) is 13.8 Å². The zero-order valence-corrected chi connectivity index (χ0v) is 19.1. The molecule has 1 N–H and O–H groups in total. The largest absolute Gasteiger partial charge is 0.490 e. The minimum absolute atomic E-state index is 0.260. The third-order valence-electron chi connectivity index (χ3n) is 5.15. The van der Waals surface area contributed by atoms with Gasteiger partial charge in [-0.2, -0.15) is 0 Å². The summed E-state index contributed by atoms with van der Waals surface area (Å²) in [5.74, 6) is -0.937. The molecule has 33 heavy (non-hydrogen) atoms. The third-order valence-corrected chi connectivity index (χ3v) is 5.15. The first kappa shape index (κ1) is 23.8. The van der Waals surface area contributed by atoms with Gasteiger partial charge in [-0.3, -0.25) is 24.1 Å². The van der Waals surface area contributed by atoms with Crippen molar-refractivity contribution in [3.8, 4) is 11.5 Å². The fourth-order valence-corrected chi connectivity index (χ4v) is 3.61. The highest BCUT2D eigenvalue weighted by atomic mass is 16.5. The average molecular weight is 453 g/mol. The highest BCUT2D eigenvalue weighted by molar-refractivity contribution is 6.22. The molecule has 0 spiro atoms. The van der Waals surface area contributed by atoms with Gasteiger partial charge in [0.05, 0.1) is 30.9 Å².